The van der Waals surface area contributed by atoms with Gasteiger partial charge < -0.3 is 15.0 Å². The van der Waals surface area contributed by atoms with Gasteiger partial charge in [-0.15, -0.1) is 5.10 Å². The highest BCUT2D eigenvalue weighted by molar-refractivity contribution is 7.07. The molecule has 2 aromatic carbocycles. The van der Waals surface area contributed by atoms with Crippen LogP contribution in [0, 0.1) is 12.8 Å². The summed E-state index contributed by atoms with van der Waals surface area (Å²) in [6.45, 7) is 3.77. The summed E-state index contributed by atoms with van der Waals surface area (Å²) in [5, 5.41) is 6.93. The van der Waals surface area contributed by atoms with Gasteiger partial charge in [0, 0.05) is 25.2 Å². The summed E-state index contributed by atoms with van der Waals surface area (Å²) < 4.78 is 9.61. The van der Waals surface area contributed by atoms with Crippen molar-refractivity contribution in [2.75, 3.05) is 19.6 Å². The molecule has 1 fully saturated rings. The van der Waals surface area contributed by atoms with Crippen molar-refractivity contribution in [2.45, 2.75) is 19.8 Å². The van der Waals surface area contributed by atoms with Crippen LogP contribution in [0.5, 0.6) is 11.5 Å². The van der Waals surface area contributed by atoms with E-state index in [2.05, 4.69) is 14.9 Å². The van der Waals surface area contributed by atoms with Gasteiger partial charge in [0.05, 0.1) is 5.69 Å². The number of amides is 2. The topological polar surface area (TPSA) is 84.4 Å². The summed E-state index contributed by atoms with van der Waals surface area (Å²) in [6, 6.07) is 16.6. The van der Waals surface area contributed by atoms with E-state index in [1.807, 2.05) is 35.2 Å². The van der Waals surface area contributed by atoms with E-state index in [1.54, 1.807) is 31.2 Å². The van der Waals surface area contributed by atoms with E-state index in [1.165, 1.54) is 0 Å². The molecule has 0 unspecified atom stereocenters. The third kappa shape index (κ3) is 5.27. The van der Waals surface area contributed by atoms with Gasteiger partial charge in [-0.1, -0.05) is 22.7 Å². The molecule has 1 saturated heterocycles. The maximum absolute atomic E-state index is 12.6. The van der Waals surface area contributed by atoms with Crippen LogP contribution < -0.4 is 10.1 Å². The van der Waals surface area contributed by atoms with Crippen LogP contribution in [-0.2, 0) is 0 Å². The van der Waals surface area contributed by atoms with E-state index in [0.29, 0.717) is 47.4 Å². The molecule has 0 spiro atoms. The molecule has 0 radical (unpaired) electrons. The van der Waals surface area contributed by atoms with E-state index in [4.69, 9.17) is 4.74 Å². The lowest BCUT2D eigenvalue weighted by atomic mass is 9.96. The molecule has 160 valence electrons. The third-order valence-electron chi connectivity index (χ3n) is 5.39. The summed E-state index contributed by atoms with van der Waals surface area (Å²) in [7, 11) is 0. The molecule has 1 aromatic heterocycles. The quantitative estimate of drug-likeness (QED) is 0.633. The average molecular weight is 437 g/mol. The number of benzene rings is 2. The average Bonchev–Trinajstić information content (AvgIpc) is 3.24. The zero-order valence-corrected chi connectivity index (χ0v) is 18.1. The van der Waals surface area contributed by atoms with Crippen molar-refractivity contribution in [3.8, 4) is 11.5 Å². The van der Waals surface area contributed by atoms with Crippen molar-refractivity contribution >= 4 is 23.3 Å². The van der Waals surface area contributed by atoms with Gasteiger partial charge in [0.1, 0.15) is 16.4 Å². The Morgan fingerprint density at radius 2 is 1.74 bits per heavy atom. The maximum Gasteiger partial charge on any atom is 0.267 e. The van der Waals surface area contributed by atoms with Crippen molar-refractivity contribution < 1.29 is 14.3 Å². The maximum atomic E-state index is 12.6. The molecule has 1 aliphatic heterocycles. The van der Waals surface area contributed by atoms with Crippen LogP contribution in [0.2, 0.25) is 0 Å². The van der Waals surface area contributed by atoms with Crippen LogP contribution in [0.15, 0.2) is 54.6 Å². The minimum absolute atomic E-state index is 0.00722. The number of likely N-dealkylation sites (tertiary alicyclic amines) is 1. The predicted molar refractivity (Wildman–Crippen MR) is 119 cm³/mol. The normalized spacial score (nSPS) is 14.3. The van der Waals surface area contributed by atoms with E-state index in [-0.39, 0.29) is 11.8 Å². The Labute approximate surface area is 185 Å². The lowest BCUT2D eigenvalue weighted by Crippen LogP contribution is -2.41. The summed E-state index contributed by atoms with van der Waals surface area (Å²) in [6.07, 6.45) is 1.72. The molecule has 0 saturated carbocycles. The summed E-state index contributed by atoms with van der Waals surface area (Å²) in [5.74, 6) is 1.70. The minimum Gasteiger partial charge on any atom is -0.457 e. The molecule has 3 aromatic rings. The first-order valence-electron chi connectivity index (χ1n) is 10.3. The minimum atomic E-state index is -0.101. The van der Waals surface area contributed by atoms with Gasteiger partial charge in [-0.2, -0.15) is 0 Å². The van der Waals surface area contributed by atoms with E-state index in [0.717, 1.165) is 30.1 Å². The van der Waals surface area contributed by atoms with Crippen LogP contribution in [-0.4, -0.2) is 45.9 Å². The molecule has 8 heteroatoms. The summed E-state index contributed by atoms with van der Waals surface area (Å²) in [5.41, 5.74) is 1.28. The van der Waals surface area contributed by atoms with Crippen LogP contribution in [0.3, 0.4) is 0 Å². The predicted octanol–water partition coefficient (Wildman–Crippen LogP) is 3.92. The van der Waals surface area contributed by atoms with Gasteiger partial charge in [-0.3, -0.25) is 9.59 Å². The number of aromatic nitrogens is 2. The van der Waals surface area contributed by atoms with Gasteiger partial charge in [-0.25, -0.2) is 0 Å². The van der Waals surface area contributed by atoms with Gasteiger partial charge in [0.2, 0.25) is 0 Å². The van der Waals surface area contributed by atoms with Crippen LogP contribution in [0.1, 0.15) is 38.6 Å². The molecule has 1 aliphatic rings. The molecule has 31 heavy (non-hydrogen) atoms. The molecule has 7 nitrogen and oxygen atoms in total. The number of carbonyl (C=O) groups is 2. The highest BCUT2D eigenvalue weighted by atomic mass is 32.1. The van der Waals surface area contributed by atoms with Crippen molar-refractivity contribution in [3.63, 3.8) is 0 Å². The lowest BCUT2D eigenvalue weighted by molar-refractivity contribution is 0.0688. The fourth-order valence-corrected chi connectivity index (χ4v) is 4.17. The first kappa shape index (κ1) is 21.0. The second kappa shape index (κ2) is 9.70. The molecular formula is C23H24N4O3S. The van der Waals surface area contributed by atoms with Crippen molar-refractivity contribution in [1.82, 2.24) is 19.8 Å². The van der Waals surface area contributed by atoms with Gasteiger partial charge >= 0.3 is 0 Å². The number of nitrogens with zero attached hydrogens (tertiary/aromatic N) is 3. The van der Waals surface area contributed by atoms with Crippen LogP contribution in [0.25, 0.3) is 0 Å². The Balaban J connectivity index is 1.23. The lowest BCUT2D eigenvalue weighted by Gasteiger charge is -2.31. The number of rotatable bonds is 6. The number of nitrogens with one attached hydrogen (secondary N) is 1. The first-order chi connectivity index (χ1) is 15.1. The van der Waals surface area contributed by atoms with Gasteiger partial charge in [0.15, 0.2) is 0 Å². The number of ether oxygens (including phenoxy) is 1. The van der Waals surface area contributed by atoms with Crippen molar-refractivity contribution in [1.29, 1.82) is 0 Å². The van der Waals surface area contributed by atoms with Crippen LogP contribution >= 0.6 is 11.5 Å². The highest BCUT2D eigenvalue weighted by Crippen LogP contribution is 2.22. The Kier molecular flexibility index (Phi) is 6.57. The number of hydrogen-bond acceptors (Lipinski definition) is 6. The molecule has 0 atom stereocenters. The Hall–Kier alpha value is -3.26. The second-order valence-corrected chi connectivity index (χ2v) is 8.33. The molecule has 2 amide bonds. The monoisotopic (exact) mass is 436 g/mol. The molecular weight excluding hydrogens is 412 g/mol. The molecule has 2 heterocycles. The first-order valence-corrected chi connectivity index (χ1v) is 11.1. The molecule has 4 rings (SSSR count). The summed E-state index contributed by atoms with van der Waals surface area (Å²) in [4.78, 5) is 27.5. The largest absolute Gasteiger partial charge is 0.457 e. The van der Waals surface area contributed by atoms with Gasteiger partial charge in [-0.05, 0) is 73.6 Å². The number of carbonyl (C=O) groups excluding carboxylic acids is 2. The van der Waals surface area contributed by atoms with Crippen molar-refractivity contribution in [3.05, 3.63) is 70.7 Å². The number of aryl methyl sites for hydroxylation is 1. The molecule has 0 aliphatic carbocycles. The number of piperidine rings is 1. The molecule has 1 N–H and O–H groups in total. The Bertz CT molecular complexity index is 1030. The number of para-hydroxylation sites is 1. The number of hydrogen-bond donors (Lipinski definition) is 1. The zero-order valence-electron chi connectivity index (χ0n) is 17.3. The molecule has 0 bridgehead atoms. The Morgan fingerprint density at radius 1 is 1.06 bits per heavy atom. The second-order valence-electron chi connectivity index (χ2n) is 7.57. The standard InChI is InChI=1S/C23H24N4O3S/c1-16-21(31-26-25-16)23(29)27-13-11-17(12-14-27)15-24-22(28)18-7-9-20(10-8-18)30-19-5-3-2-4-6-19/h2-10,17H,11-15H2,1H3,(H,24,28). The van der Waals surface area contributed by atoms with E-state index < -0.39 is 0 Å². The third-order valence-corrected chi connectivity index (χ3v) is 6.21. The van der Waals surface area contributed by atoms with Gasteiger partial charge in [0.25, 0.3) is 11.8 Å². The SMILES string of the molecule is Cc1nnsc1C(=O)N1CCC(CNC(=O)c2ccc(Oc3ccccc3)cc2)CC1. The summed E-state index contributed by atoms with van der Waals surface area (Å²) >= 11 is 1.15. The van der Waals surface area contributed by atoms with E-state index in [9.17, 15) is 9.59 Å². The van der Waals surface area contributed by atoms with E-state index >= 15 is 0 Å². The smallest absolute Gasteiger partial charge is 0.267 e. The fourth-order valence-electron chi connectivity index (χ4n) is 3.55. The van der Waals surface area contributed by atoms with Crippen molar-refractivity contribution in [2.24, 2.45) is 5.92 Å². The fraction of sp³-hybridized carbons (Fsp3) is 0.304. The van der Waals surface area contributed by atoms with Crippen LogP contribution in [0.4, 0.5) is 0 Å². The Morgan fingerprint density at radius 3 is 2.39 bits per heavy atom. The zero-order chi connectivity index (χ0) is 21.6. The highest BCUT2D eigenvalue weighted by Gasteiger charge is 2.26.